The Morgan fingerprint density at radius 2 is 0.500 bits per heavy atom. The van der Waals surface area contributed by atoms with Crippen LogP contribution >= 0.6 is 0 Å². The molecule has 12 aromatic rings. The van der Waals surface area contributed by atoms with Gasteiger partial charge < -0.3 is 38.9 Å². The third-order valence-corrected chi connectivity index (χ3v) is 16.8. The number of benzene rings is 8. The first-order valence-electron chi connectivity index (χ1n) is 24.6. The summed E-state index contributed by atoms with van der Waals surface area (Å²) in [5, 5.41) is 3.77. The summed E-state index contributed by atoms with van der Waals surface area (Å²) < 4.78 is 166. The molecule has 8 bridgehead atoms. The van der Waals surface area contributed by atoms with E-state index in [1.54, 1.807) is 24.3 Å². The Balaban J connectivity index is 1.22. The summed E-state index contributed by atoms with van der Waals surface area (Å²) in [6.07, 6.45) is 0. The molecule has 84 heavy (non-hydrogen) atoms. The first-order chi connectivity index (χ1) is 40.1. The van der Waals surface area contributed by atoms with Gasteiger partial charge in [0, 0.05) is 32.3 Å². The van der Waals surface area contributed by atoms with Crippen LogP contribution in [0.4, 0.5) is 23.3 Å². The highest BCUT2D eigenvalue weighted by Crippen LogP contribution is 2.55. The molecule has 420 valence electrons. The van der Waals surface area contributed by atoms with Crippen molar-refractivity contribution in [2.75, 3.05) is 0 Å². The van der Waals surface area contributed by atoms with E-state index in [-0.39, 0.29) is 67.9 Å². The second-order valence-corrected chi connectivity index (χ2v) is 24.3. The fourth-order valence-corrected chi connectivity index (χ4v) is 11.4. The normalized spacial score (nSPS) is 12.8. The summed E-state index contributed by atoms with van der Waals surface area (Å²) in [6, 6.07) is 40.0. The Labute approximate surface area is 472 Å². The van der Waals surface area contributed by atoms with Gasteiger partial charge in [0.15, 0.2) is 11.5 Å². The molecule has 8 N–H and O–H groups in total. The number of fused-ring (bicyclic) bond motifs is 20. The van der Waals surface area contributed by atoms with Crippen LogP contribution in [0.3, 0.4) is 0 Å². The average Bonchev–Trinajstić information content (AvgIpc) is 3.25. The van der Waals surface area contributed by atoms with E-state index < -0.39 is 71.6 Å². The highest BCUT2D eigenvalue weighted by molar-refractivity contribution is 7.86. The Morgan fingerprint density at radius 1 is 0.274 bits per heavy atom. The van der Waals surface area contributed by atoms with E-state index in [1.165, 1.54) is 48.5 Å². The number of ether oxygens (including phenoxy) is 4. The number of nitrogens with zero attached hydrogens (tertiary/aromatic N) is 4. The van der Waals surface area contributed by atoms with Crippen molar-refractivity contribution in [1.29, 1.82) is 0 Å². The lowest BCUT2D eigenvalue weighted by molar-refractivity contribution is 0.370. The van der Waals surface area contributed by atoms with E-state index in [1.807, 2.05) is 48.5 Å². The Kier molecular flexibility index (Phi) is 12.6. The van der Waals surface area contributed by atoms with Crippen molar-refractivity contribution < 1.29 is 70.8 Å². The highest BCUT2D eigenvalue weighted by atomic mass is 32.2. The van der Waals surface area contributed by atoms with Gasteiger partial charge in [-0.25, -0.2) is 20.0 Å². The zero-order chi connectivity index (χ0) is 58.5. The zero-order valence-electron chi connectivity index (χ0n) is 42.3. The summed E-state index contributed by atoms with van der Waals surface area (Å²) in [4.78, 5) is 32.1. The largest absolute Gasteiger partial charge is 0.452 e. The third kappa shape index (κ3) is 9.94. The fraction of sp³-hybridized carbons (Fsp3) is 0. The molecule has 4 aromatic heterocycles. The third-order valence-electron chi connectivity index (χ3n) is 13.3. The number of H-pyrrole nitrogens is 4. The van der Waals surface area contributed by atoms with Gasteiger partial charge in [-0.05, 0) is 97.1 Å². The van der Waals surface area contributed by atoms with Crippen LogP contribution in [0.5, 0.6) is 46.0 Å². The van der Waals surface area contributed by atoms with Crippen molar-refractivity contribution in [3.05, 3.63) is 192 Å². The molecular weight excluding hydrogens is 1170 g/mol. The summed E-state index contributed by atoms with van der Waals surface area (Å²) in [6.45, 7) is 0. The molecule has 13 rings (SSSR count). The van der Waals surface area contributed by atoms with E-state index in [0.717, 1.165) is 59.3 Å². The minimum absolute atomic E-state index is 0.0439. The maximum Gasteiger partial charge on any atom is 0.294 e. The van der Waals surface area contributed by atoms with Crippen LogP contribution in [0.2, 0.25) is 0 Å². The second-order valence-electron chi connectivity index (χ2n) is 18.6. The van der Waals surface area contributed by atoms with Crippen molar-refractivity contribution in [1.82, 2.24) is 19.9 Å². The molecule has 28 heteroatoms. The Hall–Kier alpha value is -10.0. The van der Waals surface area contributed by atoms with Gasteiger partial charge in [0.2, 0.25) is 11.5 Å². The second kappa shape index (κ2) is 19.9. The van der Waals surface area contributed by atoms with Crippen LogP contribution in [0.25, 0.3) is 43.1 Å². The molecule has 0 aliphatic carbocycles. The molecule has 0 fully saturated rings. The molecule has 0 amide bonds. The molecule has 1 aliphatic heterocycles. The van der Waals surface area contributed by atoms with E-state index in [0.29, 0.717) is 44.2 Å². The van der Waals surface area contributed by atoms with Gasteiger partial charge >= 0.3 is 0 Å². The SMILES string of the molecule is O=S(=O)(O)c1ccc(Oc2c(Oc3ccc(S(=O)(=O)O)cc3)c(Oc3ccc(S(=O)(=O)O)cc3)c3c4[nH]c(c3c2Oc2ccc(S(=O)(=O)O)cc2)=Nc2[nH]c(c3ccccc23)N=c2[nH]c(c3ccccc23)=Nc2[nH]c(c3ccccc23)N=4)cc1. The number of nitrogens with one attached hydrogen (secondary N) is 4. The molecule has 0 atom stereocenters. The zero-order valence-corrected chi connectivity index (χ0v) is 45.5. The first kappa shape index (κ1) is 53.3. The number of hydrogen-bond donors (Lipinski definition) is 8. The monoisotopic (exact) mass is 1200 g/mol. The first-order valence-corrected chi connectivity index (χ1v) is 30.3. The van der Waals surface area contributed by atoms with Gasteiger partial charge in [0.25, 0.3) is 40.5 Å². The van der Waals surface area contributed by atoms with Gasteiger partial charge in [0.05, 0.1) is 30.4 Å². The van der Waals surface area contributed by atoms with E-state index in [4.69, 9.17) is 38.9 Å². The van der Waals surface area contributed by atoms with Crippen LogP contribution in [0.15, 0.2) is 209 Å². The molecule has 5 heterocycles. The minimum atomic E-state index is -4.75. The number of aromatic amines is 4. The van der Waals surface area contributed by atoms with Crippen LogP contribution in [-0.4, -0.2) is 71.8 Å². The van der Waals surface area contributed by atoms with Crippen molar-refractivity contribution in [3.63, 3.8) is 0 Å². The molecule has 0 saturated heterocycles. The van der Waals surface area contributed by atoms with Gasteiger partial charge in [-0.15, -0.1) is 0 Å². The predicted molar refractivity (Wildman–Crippen MR) is 302 cm³/mol. The smallest absolute Gasteiger partial charge is 0.294 e. The Bertz CT molecular complexity index is 5140. The van der Waals surface area contributed by atoms with Gasteiger partial charge in [-0.1, -0.05) is 72.8 Å². The van der Waals surface area contributed by atoms with Gasteiger partial charge in [-0.2, -0.15) is 33.7 Å². The lowest BCUT2D eigenvalue weighted by Crippen LogP contribution is -2.10. The molecule has 8 aromatic carbocycles. The van der Waals surface area contributed by atoms with Crippen molar-refractivity contribution >= 4 is 107 Å². The van der Waals surface area contributed by atoms with E-state index in [2.05, 4.69) is 19.9 Å². The maximum atomic E-state index is 12.3. The number of rotatable bonds is 12. The summed E-state index contributed by atoms with van der Waals surface area (Å²) >= 11 is 0. The minimum Gasteiger partial charge on any atom is -0.452 e. The summed E-state index contributed by atoms with van der Waals surface area (Å²) in [5.74, 6) is -0.883. The lowest BCUT2D eigenvalue weighted by Gasteiger charge is -2.21. The van der Waals surface area contributed by atoms with Crippen LogP contribution in [0.1, 0.15) is 0 Å². The molecular formula is C56H36N8O16S4. The lowest BCUT2D eigenvalue weighted by atomic mass is 10.1. The van der Waals surface area contributed by atoms with Gasteiger partial charge in [-0.3, -0.25) is 18.2 Å². The number of aromatic nitrogens is 4. The maximum absolute atomic E-state index is 12.3. The van der Waals surface area contributed by atoms with Crippen LogP contribution in [-0.2, 0) is 40.5 Å². The van der Waals surface area contributed by atoms with E-state index in [9.17, 15) is 51.9 Å². The van der Waals surface area contributed by atoms with E-state index >= 15 is 0 Å². The topological polar surface area (TPSA) is 367 Å². The van der Waals surface area contributed by atoms with Crippen LogP contribution in [0, 0.1) is 0 Å². The van der Waals surface area contributed by atoms with Crippen LogP contribution < -0.4 is 40.9 Å². The fourth-order valence-electron chi connectivity index (χ4n) is 9.49. The van der Waals surface area contributed by atoms with Crippen molar-refractivity contribution in [3.8, 4) is 46.0 Å². The quantitative estimate of drug-likeness (QED) is 0.0527. The molecule has 0 saturated carbocycles. The molecule has 24 nitrogen and oxygen atoms in total. The highest BCUT2D eigenvalue weighted by Gasteiger charge is 2.32. The number of hydrogen-bond acceptors (Lipinski definition) is 16. The molecule has 0 radical (unpaired) electrons. The molecule has 0 spiro atoms. The average molecular weight is 1210 g/mol. The predicted octanol–water partition coefficient (Wildman–Crippen LogP) is 9.89. The summed E-state index contributed by atoms with van der Waals surface area (Å²) in [5.41, 5.74) is 0.790. The van der Waals surface area contributed by atoms with Crippen molar-refractivity contribution in [2.45, 2.75) is 19.6 Å². The van der Waals surface area contributed by atoms with Crippen molar-refractivity contribution in [2.24, 2.45) is 20.0 Å². The van der Waals surface area contributed by atoms with Gasteiger partial charge in [0.1, 0.15) is 68.2 Å². The standard InChI is InChI=1S/C56H36N8O16S4/c65-81(66,67)33-21-13-29(14-22-33)77-45-43-44(46(78-30-15-23-34(24-16-30)82(68,69)70)48(80-32-19-27-36(28-20-32)84(74,75)76)47(45)79-31-17-25-35(26-18-31)83(71,72)73)56-63-54-42-12-6-4-10-40(42)52(61-54)59-50-38-8-2-1-7-37(38)49(57-50)58-51-39-9-3-5-11-41(39)53(60-51)62-55(43)64-56/h1-28H,(H,65,66,67)(H,68,69,70)(H,71,72,73)(H,74,75,76)(H4,57,58,59,60,61,62,63,64). The molecule has 1 aliphatic rings. The Morgan fingerprint density at radius 3 is 0.762 bits per heavy atom. The summed E-state index contributed by atoms with van der Waals surface area (Å²) in [7, 11) is -19.0. The molecule has 0 unspecified atom stereocenters.